The highest BCUT2D eigenvalue weighted by Crippen LogP contribution is 2.23. The van der Waals surface area contributed by atoms with Crippen LogP contribution < -0.4 is 5.73 Å². The molecule has 1 heterocycles. The monoisotopic (exact) mass is 345 g/mol. The second-order valence-electron chi connectivity index (χ2n) is 5.44. The van der Waals surface area contributed by atoms with E-state index in [9.17, 15) is 14.9 Å². The number of hydrogen-bond acceptors (Lipinski definition) is 6. The summed E-state index contributed by atoms with van der Waals surface area (Å²) < 4.78 is 4.51. The van der Waals surface area contributed by atoms with Crippen LogP contribution in [0.3, 0.4) is 0 Å². The van der Waals surface area contributed by atoms with Crippen LogP contribution in [0.1, 0.15) is 28.8 Å². The topological polar surface area (TPSA) is 108 Å². The standard InChI is InChI=1S/C9H12N2O2.C9H11NO2/c1-6-3-8(5-10)4-7(2)9(6)11(12)13;1-12-9(11)6-5-8-4-2-3-7-10-8/h3-4H,5,10H2,1-2H3;2-4,7H,5-6H2,1H3. The molecule has 7 nitrogen and oxygen atoms in total. The Morgan fingerprint density at radius 2 is 1.92 bits per heavy atom. The Bertz CT molecular complexity index is 695. The first-order chi connectivity index (χ1) is 11.9. The molecule has 2 N–H and O–H groups in total. The number of methoxy groups -OCH3 is 1. The van der Waals surface area contributed by atoms with Gasteiger partial charge in [-0.05, 0) is 43.7 Å². The van der Waals surface area contributed by atoms with E-state index < -0.39 is 0 Å². The van der Waals surface area contributed by atoms with Crippen molar-refractivity contribution in [2.24, 2.45) is 5.73 Å². The van der Waals surface area contributed by atoms with Crippen LogP contribution in [0, 0.1) is 24.0 Å². The lowest BCUT2D eigenvalue weighted by Crippen LogP contribution is -2.02. The molecule has 1 aromatic heterocycles. The summed E-state index contributed by atoms with van der Waals surface area (Å²) in [6.45, 7) is 3.87. The number of nitro groups is 1. The number of nitro benzene ring substituents is 1. The zero-order valence-corrected chi connectivity index (χ0v) is 14.7. The van der Waals surface area contributed by atoms with E-state index in [0.29, 0.717) is 30.5 Å². The van der Waals surface area contributed by atoms with Crippen molar-refractivity contribution in [1.29, 1.82) is 0 Å². The lowest BCUT2D eigenvalue weighted by atomic mass is 10.0. The highest BCUT2D eigenvalue weighted by molar-refractivity contribution is 5.69. The zero-order valence-electron chi connectivity index (χ0n) is 14.7. The van der Waals surface area contributed by atoms with Crippen LogP contribution in [-0.2, 0) is 22.5 Å². The van der Waals surface area contributed by atoms with Gasteiger partial charge in [-0.25, -0.2) is 0 Å². The summed E-state index contributed by atoms with van der Waals surface area (Å²) in [6.07, 6.45) is 2.76. The first-order valence-corrected chi connectivity index (χ1v) is 7.80. The molecule has 0 spiro atoms. The number of nitrogens with two attached hydrogens (primary N) is 1. The number of ether oxygens (including phenoxy) is 1. The van der Waals surface area contributed by atoms with Gasteiger partial charge in [0.25, 0.3) is 5.69 Å². The number of rotatable bonds is 5. The second kappa shape index (κ2) is 10.1. The predicted octanol–water partition coefficient (Wildman–Crippen LogP) is 2.86. The fraction of sp³-hybridized carbons (Fsp3) is 0.333. The highest BCUT2D eigenvalue weighted by atomic mass is 16.6. The van der Waals surface area contributed by atoms with Gasteiger partial charge < -0.3 is 10.5 Å². The van der Waals surface area contributed by atoms with Gasteiger partial charge in [0.2, 0.25) is 0 Å². The first-order valence-electron chi connectivity index (χ1n) is 7.80. The van der Waals surface area contributed by atoms with Crippen LogP contribution in [0.5, 0.6) is 0 Å². The Morgan fingerprint density at radius 3 is 2.36 bits per heavy atom. The summed E-state index contributed by atoms with van der Waals surface area (Å²) in [5.74, 6) is -0.194. The Kier molecular flexibility index (Phi) is 8.22. The predicted molar refractivity (Wildman–Crippen MR) is 95.0 cm³/mol. The number of esters is 1. The van der Waals surface area contributed by atoms with Crippen molar-refractivity contribution in [3.8, 4) is 0 Å². The number of aryl methyl sites for hydroxylation is 3. The third-order valence-electron chi connectivity index (χ3n) is 3.51. The van der Waals surface area contributed by atoms with Crippen molar-refractivity contribution in [3.05, 3.63) is 69.0 Å². The lowest BCUT2D eigenvalue weighted by Gasteiger charge is -2.03. The molecule has 0 saturated carbocycles. The van der Waals surface area contributed by atoms with Crippen molar-refractivity contribution >= 4 is 11.7 Å². The van der Waals surface area contributed by atoms with E-state index in [1.54, 1.807) is 32.2 Å². The normalized spacial score (nSPS) is 9.76. The van der Waals surface area contributed by atoms with Gasteiger partial charge in [-0.1, -0.05) is 6.07 Å². The molecule has 2 aromatic rings. The number of benzene rings is 1. The number of aromatic nitrogens is 1. The van der Waals surface area contributed by atoms with Crippen LogP contribution >= 0.6 is 0 Å². The van der Waals surface area contributed by atoms with Gasteiger partial charge in [-0.2, -0.15) is 0 Å². The molecule has 0 aliphatic heterocycles. The number of pyridine rings is 1. The van der Waals surface area contributed by atoms with Gasteiger partial charge in [0.15, 0.2) is 0 Å². The van der Waals surface area contributed by atoms with Crippen LogP contribution in [0.25, 0.3) is 0 Å². The second-order valence-corrected chi connectivity index (χ2v) is 5.44. The fourth-order valence-corrected chi connectivity index (χ4v) is 2.33. The molecule has 0 aliphatic carbocycles. The maximum absolute atomic E-state index is 10.7. The number of nitrogens with zero attached hydrogens (tertiary/aromatic N) is 2. The van der Waals surface area contributed by atoms with Crippen LogP contribution in [0.2, 0.25) is 0 Å². The van der Waals surface area contributed by atoms with Gasteiger partial charge >= 0.3 is 5.97 Å². The van der Waals surface area contributed by atoms with Crippen LogP contribution in [-0.4, -0.2) is 23.0 Å². The molecule has 134 valence electrons. The van der Waals surface area contributed by atoms with Gasteiger partial charge in [-0.3, -0.25) is 19.9 Å². The molecule has 2 rings (SSSR count). The fourth-order valence-electron chi connectivity index (χ4n) is 2.33. The molecular formula is C18H23N3O4. The SMILES string of the molecule is COC(=O)CCc1ccccn1.Cc1cc(CN)cc(C)c1[N+](=O)[O-]. The minimum Gasteiger partial charge on any atom is -0.469 e. The summed E-state index contributed by atoms with van der Waals surface area (Å²) >= 11 is 0. The van der Waals surface area contributed by atoms with Crippen molar-refractivity contribution in [2.45, 2.75) is 33.2 Å². The Morgan fingerprint density at radius 1 is 1.28 bits per heavy atom. The van der Waals surface area contributed by atoms with Crippen molar-refractivity contribution < 1.29 is 14.5 Å². The number of carbonyl (C=O) groups excluding carboxylic acids is 1. The van der Waals surface area contributed by atoms with Gasteiger partial charge in [0.1, 0.15) is 0 Å². The third-order valence-corrected chi connectivity index (χ3v) is 3.51. The average molecular weight is 345 g/mol. The molecule has 0 atom stereocenters. The molecule has 0 saturated heterocycles. The van der Waals surface area contributed by atoms with E-state index in [1.807, 2.05) is 18.2 Å². The Hall–Kier alpha value is -2.80. The minimum atomic E-state index is -0.356. The summed E-state index contributed by atoms with van der Waals surface area (Å²) in [4.78, 5) is 25.1. The molecule has 25 heavy (non-hydrogen) atoms. The molecular weight excluding hydrogens is 322 g/mol. The Balaban J connectivity index is 0.000000251. The van der Waals surface area contributed by atoms with Crippen LogP contribution in [0.4, 0.5) is 5.69 Å². The quantitative estimate of drug-likeness (QED) is 0.507. The molecule has 0 fully saturated rings. The maximum atomic E-state index is 10.7. The van der Waals surface area contributed by atoms with Crippen LogP contribution in [0.15, 0.2) is 36.5 Å². The first kappa shape index (κ1) is 20.2. The van der Waals surface area contributed by atoms with E-state index in [1.165, 1.54) is 7.11 Å². The maximum Gasteiger partial charge on any atom is 0.305 e. The van der Waals surface area contributed by atoms with E-state index in [4.69, 9.17) is 5.73 Å². The van der Waals surface area contributed by atoms with E-state index in [2.05, 4.69) is 9.72 Å². The highest BCUT2D eigenvalue weighted by Gasteiger charge is 2.14. The zero-order chi connectivity index (χ0) is 18.8. The van der Waals surface area contributed by atoms with Gasteiger partial charge in [-0.15, -0.1) is 0 Å². The minimum absolute atomic E-state index is 0.192. The number of hydrogen-bond donors (Lipinski definition) is 1. The summed E-state index contributed by atoms with van der Waals surface area (Å²) in [5.41, 5.74) is 8.83. The average Bonchev–Trinajstić information content (AvgIpc) is 2.60. The van der Waals surface area contributed by atoms with E-state index in [-0.39, 0.29) is 16.6 Å². The molecule has 0 amide bonds. The van der Waals surface area contributed by atoms with Crippen molar-refractivity contribution in [3.63, 3.8) is 0 Å². The molecule has 0 bridgehead atoms. The molecule has 0 unspecified atom stereocenters. The Labute approximate surface area is 147 Å². The lowest BCUT2D eigenvalue weighted by molar-refractivity contribution is -0.386. The van der Waals surface area contributed by atoms with E-state index in [0.717, 1.165) is 11.3 Å². The summed E-state index contributed by atoms with van der Waals surface area (Å²) in [7, 11) is 1.39. The summed E-state index contributed by atoms with van der Waals surface area (Å²) in [5, 5.41) is 10.6. The van der Waals surface area contributed by atoms with Gasteiger partial charge in [0.05, 0.1) is 18.5 Å². The molecule has 0 aliphatic rings. The third kappa shape index (κ3) is 6.68. The molecule has 7 heteroatoms. The molecule has 1 aromatic carbocycles. The number of carbonyl (C=O) groups is 1. The molecule has 0 radical (unpaired) electrons. The van der Waals surface area contributed by atoms with Crippen molar-refractivity contribution in [1.82, 2.24) is 4.98 Å². The summed E-state index contributed by atoms with van der Waals surface area (Å²) in [6, 6.07) is 9.15. The van der Waals surface area contributed by atoms with Crippen molar-refractivity contribution in [2.75, 3.05) is 7.11 Å². The largest absolute Gasteiger partial charge is 0.469 e. The smallest absolute Gasteiger partial charge is 0.305 e. The van der Waals surface area contributed by atoms with E-state index >= 15 is 0 Å². The van der Waals surface area contributed by atoms with Gasteiger partial charge in [0, 0.05) is 36.0 Å².